The predicted molar refractivity (Wildman–Crippen MR) is 264 cm³/mol. The number of azo groups is 2. The molecular weight excluding hydrogens is 1220 g/mol. The number of halogens is 4. The van der Waals surface area contributed by atoms with Crippen LogP contribution in [0.5, 0.6) is 11.5 Å². The highest BCUT2D eigenvalue weighted by atomic mass is 79.9. The average Bonchev–Trinajstić information content (AvgIpc) is 3.23. The minimum atomic E-state index is -4.74. The summed E-state index contributed by atoms with van der Waals surface area (Å²) in [6.07, 6.45) is -0.413. The quantitative estimate of drug-likeness (QED) is 0.0164. The third kappa shape index (κ3) is 18.6. The Morgan fingerprint density at radius 1 is 0.521 bits per heavy atom. The maximum Gasteiger partial charge on any atom is 0.296 e. The second-order valence-electron chi connectivity index (χ2n) is 13.9. The normalized spacial score (nSPS) is 12.6. The van der Waals surface area contributed by atoms with Crippen molar-refractivity contribution in [2.45, 2.75) is 22.6 Å². The highest BCUT2D eigenvalue weighted by Crippen LogP contribution is 2.41. The van der Waals surface area contributed by atoms with E-state index in [0.717, 1.165) is 24.3 Å². The molecule has 5 aromatic rings. The van der Waals surface area contributed by atoms with Gasteiger partial charge >= 0.3 is 0 Å². The van der Waals surface area contributed by atoms with Crippen molar-refractivity contribution in [3.05, 3.63) is 79.7 Å². The molecule has 1 heterocycles. The number of rotatable bonds is 24. The zero-order valence-electron chi connectivity index (χ0n) is 35.2. The Morgan fingerprint density at radius 3 is 1.27 bits per heavy atom. The van der Waals surface area contributed by atoms with E-state index in [4.69, 9.17) is 32.7 Å². The van der Waals surface area contributed by atoms with Gasteiger partial charge in [-0.25, -0.2) is 0 Å². The van der Waals surface area contributed by atoms with Crippen LogP contribution in [-0.4, -0.2) is 117 Å². The van der Waals surface area contributed by atoms with Crippen molar-refractivity contribution >= 4 is 158 Å². The van der Waals surface area contributed by atoms with Gasteiger partial charge < -0.3 is 25.4 Å². The summed E-state index contributed by atoms with van der Waals surface area (Å²) in [4.78, 5) is 11.6. The van der Waals surface area contributed by atoms with Gasteiger partial charge in [0.05, 0.1) is 63.3 Å². The van der Waals surface area contributed by atoms with Gasteiger partial charge in [0.1, 0.15) is 32.7 Å². The second-order valence-corrected chi connectivity index (χ2v) is 23.9. The summed E-state index contributed by atoms with van der Waals surface area (Å²) >= 11 is 18.5. The molecule has 8 N–H and O–H groups in total. The molecule has 27 nitrogen and oxygen atoms in total. The van der Waals surface area contributed by atoms with Gasteiger partial charge in [0.15, 0.2) is 0 Å². The number of hydrogen-bond acceptors (Lipinski definition) is 22. The molecule has 0 aliphatic heterocycles. The van der Waals surface area contributed by atoms with Crippen LogP contribution in [0.15, 0.2) is 99.9 Å². The number of nitrogens with zero attached hydrogens (tertiary/aromatic N) is 7. The lowest BCUT2D eigenvalue weighted by atomic mass is 10.2. The zero-order chi connectivity index (χ0) is 52.5. The van der Waals surface area contributed by atoms with Crippen molar-refractivity contribution in [1.82, 2.24) is 15.0 Å². The Kier molecular flexibility index (Phi) is 19.1. The summed E-state index contributed by atoms with van der Waals surface area (Å²) in [5, 5.41) is 24.1. The van der Waals surface area contributed by atoms with Crippen LogP contribution in [0.3, 0.4) is 0 Å². The molecule has 36 heteroatoms. The number of benzene rings is 4. The van der Waals surface area contributed by atoms with Gasteiger partial charge in [-0.05, 0) is 93.2 Å². The highest BCUT2D eigenvalue weighted by molar-refractivity contribution is 9.11. The molecule has 0 unspecified atom stereocenters. The first-order valence-electron chi connectivity index (χ1n) is 19.1. The average molecular weight is 1260 g/mol. The molecule has 0 aliphatic rings. The van der Waals surface area contributed by atoms with Crippen LogP contribution >= 0.6 is 55.1 Å². The molecule has 0 saturated heterocycles. The number of anilines is 5. The van der Waals surface area contributed by atoms with Gasteiger partial charge in [-0.3, -0.25) is 22.8 Å². The van der Waals surface area contributed by atoms with Crippen LogP contribution in [0.1, 0.15) is 12.8 Å². The van der Waals surface area contributed by atoms with Gasteiger partial charge in [-0.15, -0.1) is 10.2 Å². The summed E-state index contributed by atoms with van der Waals surface area (Å²) in [5.41, 5.74) is 0.0742. The molecule has 0 aliphatic carbocycles. The smallest absolute Gasteiger partial charge is 0.296 e. The van der Waals surface area contributed by atoms with Crippen LogP contribution in [0.2, 0.25) is 10.0 Å². The maximum absolute atomic E-state index is 11.8. The molecular formula is C35H34Br2Cl2N10O17S5. The summed E-state index contributed by atoms with van der Waals surface area (Å²) in [5.74, 6) is -3.18. The molecule has 384 valence electrons. The third-order valence-corrected chi connectivity index (χ3v) is 14.7. The van der Waals surface area contributed by atoms with Crippen LogP contribution < -0.4 is 25.4 Å². The summed E-state index contributed by atoms with van der Waals surface area (Å²) in [6, 6.07) is 12.2. The number of aromatic nitrogens is 3. The fraction of sp³-hybridized carbons (Fsp3) is 0.229. The fourth-order valence-corrected chi connectivity index (χ4v) is 9.51. The van der Waals surface area contributed by atoms with Gasteiger partial charge in [0, 0.05) is 27.6 Å². The van der Waals surface area contributed by atoms with Crippen molar-refractivity contribution in [1.29, 1.82) is 0 Å². The topological polar surface area (TPSA) is 415 Å². The van der Waals surface area contributed by atoms with Crippen LogP contribution in [-0.2, 0) is 50.6 Å². The number of hydrogen-bond donors (Lipinski definition) is 8. The minimum absolute atomic E-state index is 0.0444. The van der Waals surface area contributed by atoms with Crippen LogP contribution in [0.4, 0.5) is 52.0 Å². The van der Waals surface area contributed by atoms with E-state index in [1.807, 2.05) is 0 Å². The van der Waals surface area contributed by atoms with E-state index in [1.54, 1.807) is 0 Å². The van der Waals surface area contributed by atoms with Gasteiger partial charge in [0.2, 0.25) is 17.8 Å². The first kappa shape index (κ1) is 57.1. The molecule has 0 spiro atoms. The molecule has 5 rings (SSSR count). The van der Waals surface area contributed by atoms with E-state index in [0.29, 0.717) is 0 Å². The Balaban J connectivity index is 1.56. The van der Waals surface area contributed by atoms with E-state index in [2.05, 4.69) is 83.2 Å². The molecule has 0 fully saturated rings. The Labute approximate surface area is 430 Å². The van der Waals surface area contributed by atoms with Gasteiger partial charge in [-0.1, -0.05) is 23.2 Å². The minimum Gasteiger partial charge on any atom is -0.491 e. The second kappa shape index (κ2) is 23.8. The summed E-state index contributed by atoms with van der Waals surface area (Å²) < 4.78 is 175. The Morgan fingerprint density at radius 2 is 0.901 bits per heavy atom. The zero-order valence-corrected chi connectivity index (χ0v) is 44.0. The van der Waals surface area contributed by atoms with E-state index in [1.165, 1.54) is 36.4 Å². The van der Waals surface area contributed by atoms with E-state index < -0.39 is 84.2 Å². The number of ether oxygens (including phenoxy) is 2. The molecule has 0 radical (unpaired) electrons. The van der Waals surface area contributed by atoms with E-state index in [-0.39, 0.29) is 109 Å². The van der Waals surface area contributed by atoms with Crippen molar-refractivity contribution in [3.8, 4) is 11.5 Å². The van der Waals surface area contributed by atoms with Crippen LogP contribution in [0.25, 0.3) is 0 Å². The number of nitrogens with one attached hydrogen (secondary N) is 3. The molecule has 1 aromatic heterocycles. The lowest BCUT2D eigenvalue weighted by Gasteiger charge is -2.17. The van der Waals surface area contributed by atoms with Crippen molar-refractivity contribution in [2.24, 2.45) is 20.5 Å². The van der Waals surface area contributed by atoms with Gasteiger partial charge in [-0.2, -0.15) is 67.3 Å². The van der Waals surface area contributed by atoms with Crippen LogP contribution in [0, 0.1) is 0 Å². The van der Waals surface area contributed by atoms with E-state index >= 15 is 0 Å². The molecule has 0 amide bonds. The Hall–Kier alpha value is -4.82. The molecule has 4 aromatic carbocycles. The molecule has 0 bridgehead atoms. The first-order valence-corrected chi connectivity index (χ1v) is 29.2. The van der Waals surface area contributed by atoms with E-state index in [9.17, 15) is 64.9 Å². The van der Waals surface area contributed by atoms with Gasteiger partial charge in [0.25, 0.3) is 50.6 Å². The predicted octanol–water partition coefficient (Wildman–Crippen LogP) is 8.13. The maximum atomic E-state index is 11.8. The largest absolute Gasteiger partial charge is 0.491 e. The van der Waals surface area contributed by atoms with Crippen molar-refractivity contribution < 1.29 is 74.3 Å². The standard InChI is InChI=1S/C35H34Br2Cl2N10O17S5/c36-21-15-27(29(65-8-1-10-67(50,51)52)17-25(21)48-46-19-3-5-23(38)31(13-19)70(59,60)61)41-34-43-33(40-7-12-69(56,57)58)44-35(45-34)42-28-16-22(37)26(18-30(28)66-9-2-11-68(53,54)55)49-47-20-4-6-24(39)32(14-20)71(62,63)64/h3-6,13-18H,1-2,7-12H2,(H,50,51,52)(H,53,54,55)(H,56,57,58)(H,59,60,61)(H,62,63,64)(H3,40,41,42,43,44,45). The first-order chi connectivity index (χ1) is 32.9. The lowest BCUT2D eigenvalue weighted by Crippen LogP contribution is -2.17. The van der Waals surface area contributed by atoms with Crippen molar-refractivity contribution in [3.63, 3.8) is 0 Å². The monoisotopic (exact) mass is 1250 g/mol. The molecule has 0 saturated carbocycles. The summed E-state index contributed by atoms with van der Waals surface area (Å²) in [7, 11) is -22.7. The summed E-state index contributed by atoms with van der Waals surface area (Å²) in [6.45, 7) is -1.05. The van der Waals surface area contributed by atoms with Crippen molar-refractivity contribution in [2.75, 3.05) is 53.0 Å². The highest BCUT2D eigenvalue weighted by Gasteiger charge is 2.20. The third-order valence-electron chi connectivity index (χ3n) is 8.41. The SMILES string of the molecule is O=S(=O)(O)CCCOc1cc(N=Nc2ccc(Cl)c(S(=O)(=O)O)c2)c(Br)cc1Nc1nc(NCCS(=O)(=O)O)nc(Nc2cc(Br)c(N=Nc3ccc(Cl)c(S(=O)(=O)O)c3)cc2OCCCS(=O)(=O)O)n1. The molecule has 71 heavy (non-hydrogen) atoms. The lowest BCUT2D eigenvalue weighted by molar-refractivity contribution is 0.317. The Bertz CT molecular complexity index is 3270. The fourth-order valence-electron chi connectivity index (χ4n) is 5.35. The molecule has 0 atom stereocenters.